The third-order valence-corrected chi connectivity index (χ3v) is 4.57. The number of nitrogens with one attached hydrogen (secondary N) is 1. The minimum atomic E-state index is -0.318. The second-order valence-corrected chi connectivity index (χ2v) is 6.87. The molecule has 0 aliphatic carbocycles. The molecule has 1 aromatic heterocycles. The summed E-state index contributed by atoms with van der Waals surface area (Å²) in [5.41, 5.74) is 4.61. The van der Waals surface area contributed by atoms with Crippen molar-refractivity contribution >= 4 is 28.7 Å². The molecule has 30 heavy (non-hydrogen) atoms. The van der Waals surface area contributed by atoms with E-state index in [9.17, 15) is 9.59 Å². The summed E-state index contributed by atoms with van der Waals surface area (Å²) < 4.78 is 10.9. The van der Waals surface area contributed by atoms with Gasteiger partial charge < -0.3 is 14.5 Å². The predicted molar refractivity (Wildman–Crippen MR) is 115 cm³/mol. The van der Waals surface area contributed by atoms with Crippen LogP contribution in [0.3, 0.4) is 0 Å². The van der Waals surface area contributed by atoms with Crippen LogP contribution in [-0.4, -0.2) is 16.9 Å². The Morgan fingerprint density at radius 3 is 2.43 bits per heavy atom. The fourth-order valence-corrected chi connectivity index (χ4v) is 2.94. The summed E-state index contributed by atoms with van der Waals surface area (Å²) in [6.45, 7) is 3.73. The van der Waals surface area contributed by atoms with Crippen LogP contribution in [-0.2, 0) is 4.79 Å². The quantitative estimate of drug-likeness (QED) is 0.360. The number of amides is 1. The van der Waals surface area contributed by atoms with Crippen molar-refractivity contribution in [2.45, 2.75) is 20.3 Å². The number of anilines is 1. The van der Waals surface area contributed by atoms with Gasteiger partial charge in [0.2, 0.25) is 5.89 Å². The van der Waals surface area contributed by atoms with Gasteiger partial charge in [-0.3, -0.25) is 9.59 Å². The van der Waals surface area contributed by atoms with Gasteiger partial charge in [0.05, 0.1) is 0 Å². The van der Waals surface area contributed by atoms with Crippen molar-refractivity contribution in [3.05, 3.63) is 77.9 Å². The van der Waals surface area contributed by atoms with E-state index in [1.807, 2.05) is 37.3 Å². The molecule has 4 rings (SSSR count). The highest BCUT2D eigenvalue weighted by molar-refractivity contribution is 6.04. The molecule has 0 aliphatic heterocycles. The van der Waals surface area contributed by atoms with Crippen LogP contribution in [0.25, 0.3) is 22.6 Å². The minimum absolute atomic E-state index is 0.256. The Balaban J connectivity index is 1.45. The normalized spacial score (nSPS) is 10.7. The molecule has 150 valence electrons. The third-order valence-electron chi connectivity index (χ3n) is 4.57. The van der Waals surface area contributed by atoms with Crippen molar-refractivity contribution in [3.63, 3.8) is 0 Å². The van der Waals surface area contributed by atoms with Gasteiger partial charge in [0.15, 0.2) is 5.58 Å². The summed E-state index contributed by atoms with van der Waals surface area (Å²) in [5.74, 6) is 0.372. The largest absolute Gasteiger partial charge is 0.436 e. The molecule has 1 amide bonds. The van der Waals surface area contributed by atoms with E-state index < -0.39 is 0 Å². The van der Waals surface area contributed by atoms with Crippen molar-refractivity contribution in [2.75, 3.05) is 5.32 Å². The Morgan fingerprint density at radius 1 is 1.00 bits per heavy atom. The monoisotopic (exact) mass is 400 g/mol. The number of oxazole rings is 1. The zero-order chi connectivity index (χ0) is 21.1. The zero-order valence-electron chi connectivity index (χ0n) is 16.6. The van der Waals surface area contributed by atoms with E-state index in [4.69, 9.17) is 9.15 Å². The number of aryl methyl sites for hydroxylation is 1. The number of carbonyl (C=O) groups is 2. The van der Waals surface area contributed by atoms with Crippen molar-refractivity contribution in [2.24, 2.45) is 0 Å². The van der Waals surface area contributed by atoms with Gasteiger partial charge in [-0.25, -0.2) is 4.98 Å². The van der Waals surface area contributed by atoms with Crippen LogP contribution in [0.1, 0.15) is 29.3 Å². The smallest absolute Gasteiger partial charge is 0.310 e. The third kappa shape index (κ3) is 4.22. The molecular weight excluding hydrogens is 380 g/mol. The summed E-state index contributed by atoms with van der Waals surface area (Å²) in [5, 5.41) is 2.84. The Kier molecular flexibility index (Phi) is 5.30. The van der Waals surface area contributed by atoms with Gasteiger partial charge in [-0.15, -0.1) is 0 Å². The molecule has 1 N–H and O–H groups in total. The van der Waals surface area contributed by atoms with E-state index in [0.717, 1.165) is 22.2 Å². The lowest BCUT2D eigenvalue weighted by Gasteiger charge is -2.07. The molecule has 0 unspecified atom stereocenters. The molecule has 6 nitrogen and oxygen atoms in total. The number of carbonyl (C=O) groups excluding carboxylic acids is 2. The second-order valence-electron chi connectivity index (χ2n) is 6.87. The van der Waals surface area contributed by atoms with Crippen LogP contribution in [0, 0.1) is 6.92 Å². The second kappa shape index (κ2) is 8.21. The van der Waals surface area contributed by atoms with E-state index in [1.54, 1.807) is 43.3 Å². The van der Waals surface area contributed by atoms with E-state index in [1.165, 1.54) is 0 Å². The molecule has 6 heteroatoms. The first-order chi connectivity index (χ1) is 14.5. The Labute approximate surface area is 173 Å². The first kappa shape index (κ1) is 19.4. The number of ether oxygens (including phenoxy) is 1. The van der Waals surface area contributed by atoms with Gasteiger partial charge >= 0.3 is 5.97 Å². The molecule has 0 fully saturated rings. The standard InChI is InChI=1S/C24H20N2O4/c1-3-22(27)29-19-11-7-16(8-12-19)23(28)25-18-9-5-17(6-10-18)24-26-20-14-15(2)4-13-21(20)30-24/h4-14H,3H2,1-2H3,(H,25,28). The number of nitrogens with zero attached hydrogens (tertiary/aromatic N) is 1. The first-order valence-corrected chi connectivity index (χ1v) is 9.61. The summed E-state index contributed by atoms with van der Waals surface area (Å²) in [4.78, 5) is 28.3. The number of fused-ring (bicyclic) bond motifs is 1. The molecule has 0 bridgehead atoms. The molecule has 3 aromatic carbocycles. The number of benzene rings is 3. The fourth-order valence-electron chi connectivity index (χ4n) is 2.94. The first-order valence-electron chi connectivity index (χ1n) is 9.61. The topological polar surface area (TPSA) is 81.4 Å². The van der Waals surface area contributed by atoms with Crippen molar-refractivity contribution in [1.82, 2.24) is 4.98 Å². The Bertz CT molecular complexity index is 1210. The highest BCUT2D eigenvalue weighted by Crippen LogP contribution is 2.26. The summed E-state index contributed by atoms with van der Waals surface area (Å²) in [7, 11) is 0. The van der Waals surface area contributed by atoms with Crippen molar-refractivity contribution in [1.29, 1.82) is 0 Å². The number of hydrogen-bond donors (Lipinski definition) is 1. The van der Waals surface area contributed by atoms with Crippen LogP contribution in [0.4, 0.5) is 5.69 Å². The fraction of sp³-hybridized carbons (Fsp3) is 0.125. The van der Waals surface area contributed by atoms with Crippen LogP contribution in [0.2, 0.25) is 0 Å². The maximum atomic E-state index is 12.5. The lowest BCUT2D eigenvalue weighted by molar-refractivity contribution is -0.134. The van der Waals surface area contributed by atoms with Gasteiger partial charge in [0.25, 0.3) is 5.91 Å². The van der Waals surface area contributed by atoms with E-state index in [0.29, 0.717) is 29.3 Å². The van der Waals surface area contributed by atoms with Gasteiger partial charge in [-0.1, -0.05) is 13.0 Å². The molecule has 0 saturated heterocycles. The maximum Gasteiger partial charge on any atom is 0.310 e. The SMILES string of the molecule is CCC(=O)Oc1ccc(C(=O)Nc2ccc(-c3nc4cc(C)ccc4o3)cc2)cc1. The molecule has 0 atom stereocenters. The van der Waals surface area contributed by atoms with Gasteiger partial charge in [0.1, 0.15) is 11.3 Å². The van der Waals surface area contributed by atoms with E-state index in [2.05, 4.69) is 10.3 Å². The van der Waals surface area contributed by atoms with Crippen LogP contribution in [0.5, 0.6) is 5.75 Å². The highest BCUT2D eigenvalue weighted by Gasteiger charge is 2.10. The Hall–Kier alpha value is -3.93. The van der Waals surface area contributed by atoms with Crippen molar-refractivity contribution < 1.29 is 18.7 Å². The maximum absolute atomic E-state index is 12.5. The molecule has 0 aliphatic rings. The zero-order valence-corrected chi connectivity index (χ0v) is 16.6. The number of hydrogen-bond acceptors (Lipinski definition) is 5. The Morgan fingerprint density at radius 2 is 1.73 bits per heavy atom. The number of esters is 1. The van der Waals surface area contributed by atoms with Crippen LogP contribution in [0.15, 0.2) is 71.1 Å². The van der Waals surface area contributed by atoms with Gasteiger partial charge in [0, 0.05) is 23.2 Å². The van der Waals surface area contributed by atoms with Gasteiger partial charge in [-0.2, -0.15) is 0 Å². The number of rotatable bonds is 5. The van der Waals surface area contributed by atoms with Crippen LogP contribution < -0.4 is 10.1 Å². The molecule has 4 aromatic rings. The summed E-state index contributed by atoms with van der Waals surface area (Å²) in [6, 6.07) is 19.6. The summed E-state index contributed by atoms with van der Waals surface area (Å²) in [6.07, 6.45) is 0.293. The minimum Gasteiger partial charge on any atom is -0.436 e. The van der Waals surface area contributed by atoms with Crippen molar-refractivity contribution in [3.8, 4) is 17.2 Å². The van der Waals surface area contributed by atoms with Crippen LogP contribution >= 0.6 is 0 Å². The number of aromatic nitrogens is 1. The molecule has 0 saturated carbocycles. The molecule has 0 spiro atoms. The van der Waals surface area contributed by atoms with E-state index >= 15 is 0 Å². The predicted octanol–water partition coefficient (Wildman–Crippen LogP) is 5.37. The lowest BCUT2D eigenvalue weighted by atomic mass is 10.1. The van der Waals surface area contributed by atoms with Gasteiger partial charge in [-0.05, 0) is 73.2 Å². The summed E-state index contributed by atoms with van der Waals surface area (Å²) >= 11 is 0. The molecule has 0 radical (unpaired) electrons. The molecular formula is C24H20N2O4. The highest BCUT2D eigenvalue weighted by atomic mass is 16.5. The lowest BCUT2D eigenvalue weighted by Crippen LogP contribution is -2.12. The molecule has 1 heterocycles. The average molecular weight is 400 g/mol. The average Bonchev–Trinajstić information content (AvgIpc) is 3.17. The van der Waals surface area contributed by atoms with E-state index in [-0.39, 0.29) is 11.9 Å².